The van der Waals surface area contributed by atoms with E-state index in [1.165, 1.54) is 25.1 Å². The van der Waals surface area contributed by atoms with Crippen molar-refractivity contribution in [3.63, 3.8) is 0 Å². The van der Waals surface area contributed by atoms with Crippen LogP contribution in [-0.4, -0.2) is 24.9 Å². The topological polar surface area (TPSA) is 64.4 Å². The number of benzene rings is 1. The van der Waals surface area contributed by atoms with E-state index in [9.17, 15) is 18.0 Å². The van der Waals surface area contributed by atoms with Crippen molar-refractivity contribution in [1.29, 1.82) is 0 Å². The molecule has 1 aromatic carbocycles. The minimum Gasteiger partial charge on any atom is -0.406 e. The van der Waals surface area contributed by atoms with Gasteiger partial charge in [0.05, 0.1) is 6.04 Å². The van der Waals surface area contributed by atoms with E-state index >= 15 is 0 Å². The SMILES string of the molecule is C[C@H](N)C(=O)NCCc1ccccc1OC(F)(F)F.Cl. The molecule has 0 aliphatic rings. The largest absolute Gasteiger partial charge is 0.573 e. The number of amides is 1. The molecule has 4 nitrogen and oxygen atoms in total. The third-order valence-electron chi connectivity index (χ3n) is 2.31. The van der Waals surface area contributed by atoms with E-state index in [0.29, 0.717) is 5.56 Å². The molecule has 0 radical (unpaired) electrons. The first-order chi connectivity index (χ1) is 8.79. The predicted octanol–water partition coefficient (Wildman–Crippen LogP) is 2.01. The number of halogens is 4. The van der Waals surface area contributed by atoms with Gasteiger partial charge in [0.2, 0.25) is 5.91 Å². The van der Waals surface area contributed by atoms with Crippen LogP contribution in [0.4, 0.5) is 13.2 Å². The van der Waals surface area contributed by atoms with Crippen LogP contribution >= 0.6 is 12.4 Å². The van der Waals surface area contributed by atoms with E-state index in [0.717, 1.165) is 0 Å². The lowest BCUT2D eigenvalue weighted by molar-refractivity contribution is -0.274. The average Bonchev–Trinajstić information content (AvgIpc) is 2.29. The van der Waals surface area contributed by atoms with Crippen molar-refractivity contribution in [3.05, 3.63) is 29.8 Å². The van der Waals surface area contributed by atoms with Crippen LogP contribution in [0.15, 0.2) is 24.3 Å². The summed E-state index contributed by atoms with van der Waals surface area (Å²) in [5.74, 6) is -0.612. The Bertz CT molecular complexity index is 439. The number of nitrogens with two attached hydrogens (primary N) is 1. The molecule has 20 heavy (non-hydrogen) atoms. The Morgan fingerprint density at radius 1 is 1.40 bits per heavy atom. The van der Waals surface area contributed by atoms with Gasteiger partial charge in [-0.3, -0.25) is 4.79 Å². The molecular formula is C12H16ClF3N2O2. The maximum atomic E-state index is 12.2. The minimum atomic E-state index is -4.73. The third kappa shape index (κ3) is 6.63. The standard InChI is InChI=1S/C12H15F3N2O2.ClH/c1-8(16)11(18)17-7-6-9-4-2-3-5-10(9)19-12(13,14)15;/h2-5,8H,6-7,16H2,1H3,(H,17,18);1H/t8-;/m0./s1. The lowest BCUT2D eigenvalue weighted by atomic mass is 10.1. The van der Waals surface area contributed by atoms with Crippen molar-refractivity contribution in [2.75, 3.05) is 6.54 Å². The van der Waals surface area contributed by atoms with Crippen molar-refractivity contribution in [2.45, 2.75) is 25.7 Å². The van der Waals surface area contributed by atoms with Crippen molar-refractivity contribution < 1.29 is 22.7 Å². The van der Waals surface area contributed by atoms with E-state index in [1.54, 1.807) is 6.07 Å². The van der Waals surface area contributed by atoms with Crippen LogP contribution in [0.5, 0.6) is 5.75 Å². The molecule has 114 valence electrons. The molecule has 1 atom stereocenters. The lowest BCUT2D eigenvalue weighted by Crippen LogP contribution is -2.39. The molecule has 1 aromatic rings. The van der Waals surface area contributed by atoms with Crippen LogP contribution in [0.3, 0.4) is 0 Å². The molecule has 1 amide bonds. The smallest absolute Gasteiger partial charge is 0.406 e. The van der Waals surface area contributed by atoms with Crippen LogP contribution < -0.4 is 15.8 Å². The average molecular weight is 313 g/mol. The highest BCUT2D eigenvalue weighted by atomic mass is 35.5. The van der Waals surface area contributed by atoms with E-state index in [-0.39, 0.29) is 37.0 Å². The van der Waals surface area contributed by atoms with E-state index in [2.05, 4.69) is 10.1 Å². The predicted molar refractivity (Wildman–Crippen MR) is 70.7 cm³/mol. The zero-order chi connectivity index (χ0) is 14.5. The Morgan fingerprint density at radius 2 is 2.00 bits per heavy atom. The van der Waals surface area contributed by atoms with Gasteiger partial charge in [0.15, 0.2) is 0 Å². The fourth-order valence-electron chi connectivity index (χ4n) is 1.42. The summed E-state index contributed by atoms with van der Waals surface area (Å²) in [6, 6.07) is 5.15. The number of para-hydroxylation sites is 1. The maximum Gasteiger partial charge on any atom is 0.573 e. The molecule has 0 unspecified atom stereocenters. The van der Waals surface area contributed by atoms with Crippen molar-refractivity contribution >= 4 is 18.3 Å². The summed E-state index contributed by atoms with van der Waals surface area (Å²) >= 11 is 0. The summed E-state index contributed by atoms with van der Waals surface area (Å²) in [5.41, 5.74) is 5.71. The second-order valence-corrected chi connectivity index (χ2v) is 3.99. The number of hydrogen-bond acceptors (Lipinski definition) is 3. The molecule has 0 aromatic heterocycles. The molecule has 8 heteroatoms. The van der Waals surface area contributed by atoms with Gasteiger partial charge >= 0.3 is 6.36 Å². The molecule has 0 saturated heterocycles. The van der Waals surface area contributed by atoms with Gasteiger partial charge in [-0.2, -0.15) is 0 Å². The van der Waals surface area contributed by atoms with Crippen molar-refractivity contribution in [1.82, 2.24) is 5.32 Å². The van der Waals surface area contributed by atoms with Gasteiger partial charge in [-0.05, 0) is 25.0 Å². The van der Waals surface area contributed by atoms with Gasteiger partial charge in [-0.25, -0.2) is 0 Å². The lowest BCUT2D eigenvalue weighted by Gasteiger charge is -2.13. The molecule has 0 spiro atoms. The maximum absolute atomic E-state index is 12.2. The Morgan fingerprint density at radius 3 is 2.55 bits per heavy atom. The summed E-state index contributed by atoms with van der Waals surface area (Å²) in [6.07, 6.45) is -4.50. The van der Waals surface area contributed by atoms with Gasteiger partial charge in [0, 0.05) is 6.54 Å². The first-order valence-corrected chi connectivity index (χ1v) is 5.66. The number of nitrogens with one attached hydrogen (secondary N) is 1. The number of hydrogen-bond donors (Lipinski definition) is 2. The Balaban J connectivity index is 0.00000361. The van der Waals surface area contributed by atoms with Gasteiger partial charge in [0.25, 0.3) is 0 Å². The van der Waals surface area contributed by atoms with Gasteiger partial charge < -0.3 is 15.8 Å². The summed E-state index contributed by atoms with van der Waals surface area (Å²) in [5, 5.41) is 2.52. The fourth-order valence-corrected chi connectivity index (χ4v) is 1.42. The Hall–Kier alpha value is -1.47. The Labute approximate surface area is 120 Å². The molecule has 0 heterocycles. The first-order valence-electron chi connectivity index (χ1n) is 5.66. The van der Waals surface area contributed by atoms with E-state index in [4.69, 9.17) is 5.73 Å². The van der Waals surface area contributed by atoms with Crippen LogP contribution in [-0.2, 0) is 11.2 Å². The molecule has 0 aliphatic carbocycles. The number of ether oxygens (including phenoxy) is 1. The molecule has 0 aliphatic heterocycles. The van der Waals surface area contributed by atoms with Crippen LogP contribution in [0, 0.1) is 0 Å². The second kappa shape index (κ2) is 7.96. The summed E-state index contributed by atoms with van der Waals surface area (Å²) in [7, 11) is 0. The number of carbonyl (C=O) groups is 1. The third-order valence-corrected chi connectivity index (χ3v) is 2.31. The zero-order valence-electron chi connectivity index (χ0n) is 10.7. The highest BCUT2D eigenvalue weighted by Crippen LogP contribution is 2.26. The number of rotatable bonds is 5. The highest BCUT2D eigenvalue weighted by molar-refractivity contribution is 5.85. The summed E-state index contributed by atoms with van der Waals surface area (Å²) in [6.45, 7) is 1.72. The molecule has 0 bridgehead atoms. The normalized spacial score (nSPS) is 12.2. The fraction of sp³-hybridized carbons (Fsp3) is 0.417. The van der Waals surface area contributed by atoms with E-state index < -0.39 is 12.4 Å². The molecule has 0 saturated carbocycles. The molecule has 0 fully saturated rings. The Kier molecular flexibility index (Phi) is 7.38. The van der Waals surface area contributed by atoms with Crippen molar-refractivity contribution in [2.24, 2.45) is 5.73 Å². The summed E-state index contributed by atoms with van der Waals surface area (Å²) in [4.78, 5) is 11.2. The van der Waals surface area contributed by atoms with E-state index in [1.807, 2.05) is 0 Å². The number of alkyl halides is 3. The van der Waals surface area contributed by atoms with Crippen LogP contribution in [0.2, 0.25) is 0 Å². The molecule has 3 N–H and O–H groups in total. The van der Waals surface area contributed by atoms with Crippen molar-refractivity contribution in [3.8, 4) is 5.75 Å². The molecular weight excluding hydrogens is 297 g/mol. The first kappa shape index (κ1) is 18.5. The highest BCUT2D eigenvalue weighted by Gasteiger charge is 2.31. The van der Waals surface area contributed by atoms with Gasteiger partial charge in [0.1, 0.15) is 5.75 Å². The van der Waals surface area contributed by atoms with Gasteiger partial charge in [-0.1, -0.05) is 18.2 Å². The van der Waals surface area contributed by atoms with Crippen LogP contribution in [0.1, 0.15) is 12.5 Å². The van der Waals surface area contributed by atoms with Crippen LogP contribution in [0.25, 0.3) is 0 Å². The van der Waals surface area contributed by atoms with Gasteiger partial charge in [-0.15, -0.1) is 25.6 Å². The summed E-state index contributed by atoms with van der Waals surface area (Å²) < 4.78 is 40.4. The quantitative estimate of drug-likeness (QED) is 0.874. The second-order valence-electron chi connectivity index (χ2n) is 3.99. The number of carbonyl (C=O) groups excluding carboxylic acids is 1. The minimum absolute atomic E-state index is 0. The molecule has 1 rings (SSSR count). The monoisotopic (exact) mass is 312 g/mol. The zero-order valence-corrected chi connectivity index (χ0v) is 11.6.